The third kappa shape index (κ3) is 1.97. The number of rotatable bonds is 2. The lowest BCUT2D eigenvalue weighted by Crippen LogP contribution is -2.09. The molecule has 4 rings (SSSR count). The standard InChI is InChI=1S/C15H12N6/c16-13-11-6-12-15(18-8-17-12)20-14(11)19-9-21(13)7-10-4-2-1-3-5-10/h1-6,8-9H,7,16H2. The monoisotopic (exact) mass is 276 g/mol. The van der Waals surface area contributed by atoms with Gasteiger partial charge in [-0.25, -0.2) is 19.9 Å². The van der Waals surface area contributed by atoms with Crippen molar-refractivity contribution in [1.82, 2.24) is 24.5 Å². The number of imidazole rings is 1. The molecule has 0 spiro atoms. The number of nitrogens with two attached hydrogens (primary N) is 1. The lowest BCUT2D eigenvalue weighted by Gasteiger charge is -2.12. The fourth-order valence-electron chi connectivity index (χ4n) is 2.35. The summed E-state index contributed by atoms with van der Waals surface area (Å²) in [5, 5.41) is 0.793. The molecule has 0 aliphatic heterocycles. The van der Waals surface area contributed by atoms with Gasteiger partial charge < -0.3 is 10.3 Å². The van der Waals surface area contributed by atoms with Crippen LogP contribution >= 0.6 is 0 Å². The molecule has 0 atom stereocenters. The first-order valence-corrected chi connectivity index (χ1v) is 6.57. The van der Waals surface area contributed by atoms with Crippen LogP contribution in [0.1, 0.15) is 5.56 Å². The van der Waals surface area contributed by atoms with Crippen molar-refractivity contribution in [3.8, 4) is 0 Å². The van der Waals surface area contributed by atoms with Crippen molar-refractivity contribution in [2.45, 2.75) is 6.54 Å². The zero-order valence-electron chi connectivity index (χ0n) is 11.1. The summed E-state index contributed by atoms with van der Waals surface area (Å²) in [6.07, 6.45) is 3.20. The molecule has 0 unspecified atom stereocenters. The lowest BCUT2D eigenvalue weighted by molar-refractivity contribution is 0.787. The Kier molecular flexibility index (Phi) is 2.53. The van der Waals surface area contributed by atoms with E-state index in [1.165, 1.54) is 6.33 Å². The Bertz CT molecular complexity index is 929. The Morgan fingerprint density at radius 1 is 1.00 bits per heavy atom. The van der Waals surface area contributed by atoms with Crippen molar-refractivity contribution in [3.05, 3.63) is 54.6 Å². The number of hydrogen-bond acceptors (Lipinski definition) is 5. The number of anilines is 1. The summed E-state index contributed by atoms with van der Waals surface area (Å²) in [5.41, 5.74) is 9.34. The number of hydrogen-bond donors (Lipinski definition) is 1. The smallest absolute Gasteiger partial charge is 0.181 e. The first-order chi connectivity index (χ1) is 10.3. The van der Waals surface area contributed by atoms with E-state index in [-0.39, 0.29) is 0 Å². The predicted molar refractivity (Wildman–Crippen MR) is 80.6 cm³/mol. The van der Waals surface area contributed by atoms with Crippen LogP contribution in [0.2, 0.25) is 0 Å². The molecule has 2 N–H and O–H groups in total. The maximum Gasteiger partial charge on any atom is 0.181 e. The summed E-state index contributed by atoms with van der Waals surface area (Å²) < 4.78 is 1.90. The van der Waals surface area contributed by atoms with Crippen LogP contribution in [0.25, 0.3) is 22.2 Å². The van der Waals surface area contributed by atoms with E-state index in [1.807, 2.05) is 28.8 Å². The third-order valence-corrected chi connectivity index (χ3v) is 3.44. The van der Waals surface area contributed by atoms with Crippen molar-refractivity contribution in [3.63, 3.8) is 0 Å². The van der Waals surface area contributed by atoms with Gasteiger partial charge in [0.05, 0.1) is 18.3 Å². The Labute approximate surface area is 120 Å². The van der Waals surface area contributed by atoms with Crippen LogP contribution < -0.4 is 5.73 Å². The Morgan fingerprint density at radius 2 is 1.86 bits per heavy atom. The highest BCUT2D eigenvalue weighted by molar-refractivity contribution is 5.93. The molecule has 1 aromatic carbocycles. The van der Waals surface area contributed by atoms with Crippen LogP contribution in [0.4, 0.5) is 5.82 Å². The average molecular weight is 276 g/mol. The molecule has 3 aromatic heterocycles. The van der Waals surface area contributed by atoms with Gasteiger partial charge in [-0.1, -0.05) is 30.3 Å². The Morgan fingerprint density at radius 3 is 2.71 bits per heavy atom. The number of nitrogens with zero attached hydrogens (tertiary/aromatic N) is 5. The highest BCUT2D eigenvalue weighted by Gasteiger charge is 2.09. The fraction of sp³-hybridized carbons (Fsp3) is 0.0667. The molecule has 0 saturated heterocycles. The van der Waals surface area contributed by atoms with Gasteiger partial charge in [0.15, 0.2) is 11.3 Å². The van der Waals surface area contributed by atoms with Crippen molar-refractivity contribution in [2.75, 3.05) is 5.73 Å². The van der Waals surface area contributed by atoms with Crippen molar-refractivity contribution < 1.29 is 0 Å². The second kappa shape index (κ2) is 4.52. The summed E-state index contributed by atoms with van der Waals surface area (Å²) in [4.78, 5) is 17.0. The van der Waals surface area contributed by atoms with E-state index in [9.17, 15) is 0 Å². The van der Waals surface area contributed by atoms with Crippen LogP contribution in [-0.4, -0.2) is 24.5 Å². The molecule has 0 amide bonds. The van der Waals surface area contributed by atoms with E-state index in [2.05, 4.69) is 32.1 Å². The first-order valence-electron chi connectivity index (χ1n) is 6.57. The molecule has 0 saturated carbocycles. The third-order valence-electron chi connectivity index (χ3n) is 3.44. The number of pyridine rings is 1. The van der Waals surface area contributed by atoms with Crippen molar-refractivity contribution >= 4 is 28.0 Å². The topological polar surface area (TPSA) is 82.5 Å². The molecule has 3 heterocycles. The molecule has 0 aliphatic rings. The minimum atomic E-state index is 0.588. The highest BCUT2D eigenvalue weighted by atomic mass is 15.1. The molecular weight excluding hydrogens is 264 g/mol. The largest absolute Gasteiger partial charge is 0.384 e. The maximum absolute atomic E-state index is 6.26. The molecular formula is C15H12N6. The maximum atomic E-state index is 6.26. The SMILES string of the molecule is Nc1c2cc3ncnc3nc2ncn1Cc1ccccc1. The van der Waals surface area contributed by atoms with Crippen LogP contribution in [-0.2, 0) is 6.54 Å². The van der Waals surface area contributed by atoms with Crippen LogP contribution in [0.5, 0.6) is 0 Å². The van der Waals surface area contributed by atoms with Gasteiger partial charge in [-0.15, -0.1) is 0 Å². The van der Waals surface area contributed by atoms with E-state index >= 15 is 0 Å². The first kappa shape index (κ1) is 11.8. The zero-order valence-corrected chi connectivity index (χ0v) is 11.1. The van der Waals surface area contributed by atoms with Gasteiger partial charge in [0.25, 0.3) is 0 Å². The molecule has 6 heteroatoms. The fourth-order valence-corrected chi connectivity index (χ4v) is 2.35. The highest BCUT2D eigenvalue weighted by Crippen LogP contribution is 2.21. The van der Waals surface area contributed by atoms with Crippen molar-refractivity contribution in [2.24, 2.45) is 0 Å². The molecule has 0 bridgehead atoms. The Hall–Kier alpha value is -3.02. The van der Waals surface area contributed by atoms with Crippen molar-refractivity contribution in [1.29, 1.82) is 0 Å². The van der Waals surface area contributed by atoms with Gasteiger partial charge in [-0.2, -0.15) is 0 Å². The number of fused-ring (bicyclic) bond motifs is 2. The zero-order chi connectivity index (χ0) is 14.2. The van der Waals surface area contributed by atoms with E-state index < -0.39 is 0 Å². The second-order valence-electron chi connectivity index (χ2n) is 4.82. The molecule has 4 aromatic rings. The van der Waals surface area contributed by atoms with Crippen LogP contribution in [0.15, 0.2) is 49.1 Å². The van der Waals surface area contributed by atoms with Crippen LogP contribution in [0.3, 0.4) is 0 Å². The van der Waals surface area contributed by atoms with Gasteiger partial charge in [0.2, 0.25) is 0 Å². The molecule has 0 aliphatic carbocycles. The normalized spacial score (nSPS) is 11.2. The van der Waals surface area contributed by atoms with Gasteiger partial charge >= 0.3 is 0 Å². The average Bonchev–Trinajstić information content (AvgIpc) is 2.97. The van der Waals surface area contributed by atoms with Gasteiger partial charge in [0, 0.05) is 0 Å². The molecule has 6 nitrogen and oxygen atoms in total. The Balaban J connectivity index is 1.86. The van der Waals surface area contributed by atoms with E-state index in [1.54, 1.807) is 6.33 Å². The van der Waals surface area contributed by atoms with Gasteiger partial charge in [-0.05, 0) is 11.6 Å². The summed E-state index contributed by atoms with van der Waals surface area (Å²) >= 11 is 0. The van der Waals surface area contributed by atoms with Gasteiger partial charge in [-0.3, -0.25) is 0 Å². The molecule has 0 radical (unpaired) electrons. The minimum Gasteiger partial charge on any atom is -0.384 e. The number of aromatic nitrogens is 5. The minimum absolute atomic E-state index is 0.588. The van der Waals surface area contributed by atoms with Gasteiger partial charge in [0.1, 0.15) is 17.7 Å². The lowest BCUT2D eigenvalue weighted by atomic mass is 10.2. The number of benzene rings is 1. The summed E-state index contributed by atoms with van der Waals surface area (Å²) in [6.45, 7) is 0.667. The molecule has 21 heavy (non-hydrogen) atoms. The van der Waals surface area contributed by atoms with E-state index in [4.69, 9.17) is 5.73 Å². The second-order valence-corrected chi connectivity index (χ2v) is 4.82. The number of nitrogen functional groups attached to an aromatic ring is 1. The summed E-state index contributed by atoms with van der Waals surface area (Å²) in [5.74, 6) is 0.626. The molecule has 102 valence electrons. The molecule has 0 fully saturated rings. The summed E-state index contributed by atoms with van der Waals surface area (Å²) in [7, 11) is 0. The predicted octanol–water partition coefficient (Wildman–Crippen LogP) is 2.00. The van der Waals surface area contributed by atoms with Crippen LogP contribution in [0, 0.1) is 0 Å². The summed E-state index contributed by atoms with van der Waals surface area (Å²) in [6, 6.07) is 12.0. The quantitative estimate of drug-likeness (QED) is 0.605. The van der Waals surface area contributed by atoms with E-state index in [0.717, 1.165) is 16.5 Å². The van der Waals surface area contributed by atoms with E-state index in [0.29, 0.717) is 23.7 Å².